The number of amides is 2. The van der Waals surface area contributed by atoms with E-state index in [1.54, 1.807) is 0 Å². The van der Waals surface area contributed by atoms with Gasteiger partial charge in [-0.05, 0) is 18.9 Å². The van der Waals surface area contributed by atoms with Gasteiger partial charge < -0.3 is 16.8 Å². The van der Waals surface area contributed by atoms with Gasteiger partial charge in [-0.1, -0.05) is 11.6 Å². The van der Waals surface area contributed by atoms with Crippen LogP contribution >= 0.6 is 11.6 Å². The number of carbonyl (C=O) groups excluding carboxylic acids is 2. The Balaban J connectivity index is 1.91. The van der Waals surface area contributed by atoms with Gasteiger partial charge in [-0.3, -0.25) is 14.5 Å². The van der Waals surface area contributed by atoms with Crippen LogP contribution in [0.15, 0.2) is 12.3 Å². The predicted molar refractivity (Wildman–Crippen MR) is 80.0 cm³/mol. The van der Waals surface area contributed by atoms with Crippen LogP contribution in [0.5, 0.6) is 0 Å². The Hall–Kier alpha value is -1.86. The van der Waals surface area contributed by atoms with Gasteiger partial charge in [-0.2, -0.15) is 0 Å². The van der Waals surface area contributed by atoms with Crippen LogP contribution in [-0.4, -0.2) is 47.4 Å². The Bertz CT molecular complexity index is 543. The van der Waals surface area contributed by atoms with Crippen molar-refractivity contribution in [3.8, 4) is 0 Å². The van der Waals surface area contributed by atoms with Gasteiger partial charge in [-0.15, -0.1) is 0 Å². The van der Waals surface area contributed by atoms with Crippen LogP contribution in [-0.2, 0) is 4.79 Å². The minimum atomic E-state index is -0.560. The Morgan fingerprint density at radius 3 is 2.57 bits per heavy atom. The van der Waals surface area contributed by atoms with E-state index in [1.807, 2.05) is 4.90 Å². The van der Waals surface area contributed by atoms with Crippen molar-refractivity contribution in [2.75, 3.05) is 25.0 Å². The zero-order chi connectivity index (χ0) is 15.4. The third-order valence-electron chi connectivity index (χ3n) is 3.43. The van der Waals surface area contributed by atoms with Crippen molar-refractivity contribution in [2.24, 2.45) is 11.5 Å². The molecule has 0 radical (unpaired) electrons. The largest absolute Gasteiger partial charge is 0.369 e. The highest BCUT2D eigenvalue weighted by Crippen LogP contribution is 2.23. The summed E-state index contributed by atoms with van der Waals surface area (Å²) in [7, 11) is 0. The van der Waals surface area contributed by atoms with Crippen molar-refractivity contribution in [1.29, 1.82) is 0 Å². The lowest BCUT2D eigenvalue weighted by atomic mass is 10.1. The monoisotopic (exact) mass is 311 g/mol. The van der Waals surface area contributed by atoms with Gasteiger partial charge in [0, 0.05) is 25.3 Å². The third kappa shape index (κ3) is 4.30. The van der Waals surface area contributed by atoms with E-state index >= 15 is 0 Å². The summed E-state index contributed by atoms with van der Waals surface area (Å²) >= 11 is 6.09. The Morgan fingerprint density at radius 2 is 2.05 bits per heavy atom. The smallest absolute Gasteiger partial charge is 0.250 e. The number of likely N-dealkylation sites (tertiary alicyclic amines) is 1. The lowest BCUT2D eigenvalue weighted by Crippen LogP contribution is -2.43. The molecule has 1 fully saturated rings. The number of nitrogens with zero attached hydrogens (tertiary/aromatic N) is 2. The van der Waals surface area contributed by atoms with Gasteiger partial charge >= 0.3 is 0 Å². The first-order valence-corrected chi connectivity index (χ1v) is 7.06. The van der Waals surface area contributed by atoms with E-state index < -0.39 is 5.91 Å². The Kier molecular flexibility index (Phi) is 4.98. The summed E-state index contributed by atoms with van der Waals surface area (Å²) < 4.78 is 0. The first-order chi connectivity index (χ1) is 9.95. The molecule has 2 rings (SSSR count). The van der Waals surface area contributed by atoms with E-state index in [0.717, 1.165) is 25.9 Å². The molecule has 0 saturated carbocycles. The molecule has 7 nitrogen and oxygen atoms in total. The fourth-order valence-corrected chi connectivity index (χ4v) is 2.55. The van der Waals surface area contributed by atoms with Gasteiger partial charge in [0.05, 0.1) is 17.1 Å². The molecular weight excluding hydrogens is 294 g/mol. The Labute approximate surface area is 127 Å². The maximum atomic E-state index is 11.0. The summed E-state index contributed by atoms with van der Waals surface area (Å²) in [5.41, 5.74) is 10.6. The summed E-state index contributed by atoms with van der Waals surface area (Å²) in [6, 6.07) is 1.72. The van der Waals surface area contributed by atoms with E-state index in [-0.39, 0.29) is 17.5 Å². The molecular formula is C13H18ClN5O2. The van der Waals surface area contributed by atoms with Gasteiger partial charge in [0.2, 0.25) is 11.8 Å². The normalized spacial score (nSPS) is 16.6. The molecule has 1 saturated heterocycles. The van der Waals surface area contributed by atoms with Crippen LogP contribution < -0.4 is 16.8 Å². The number of nitrogens with two attached hydrogens (primary N) is 2. The molecule has 114 valence electrons. The average Bonchev–Trinajstić information content (AvgIpc) is 2.42. The van der Waals surface area contributed by atoms with E-state index in [0.29, 0.717) is 17.4 Å². The number of carbonyl (C=O) groups is 2. The molecule has 1 aromatic heterocycles. The molecule has 1 aliphatic heterocycles. The second-order valence-electron chi connectivity index (χ2n) is 5.08. The summed E-state index contributed by atoms with van der Waals surface area (Å²) in [5.74, 6) is -0.334. The summed E-state index contributed by atoms with van der Waals surface area (Å²) in [6.07, 6.45) is 3.13. The molecule has 1 aliphatic rings. The zero-order valence-corrected chi connectivity index (χ0v) is 12.3. The highest BCUT2D eigenvalue weighted by atomic mass is 35.5. The van der Waals surface area contributed by atoms with E-state index in [1.165, 1.54) is 12.3 Å². The van der Waals surface area contributed by atoms with Crippen molar-refractivity contribution in [3.63, 3.8) is 0 Å². The van der Waals surface area contributed by atoms with Crippen LogP contribution in [0.4, 0.5) is 5.82 Å². The van der Waals surface area contributed by atoms with E-state index in [2.05, 4.69) is 10.3 Å². The number of primary amides is 2. The predicted octanol–water partition coefficient (Wildman–Crippen LogP) is 0.195. The maximum Gasteiger partial charge on any atom is 0.250 e. The van der Waals surface area contributed by atoms with Crippen molar-refractivity contribution in [2.45, 2.75) is 18.9 Å². The number of nitrogens with one attached hydrogen (secondary N) is 1. The van der Waals surface area contributed by atoms with E-state index in [4.69, 9.17) is 23.1 Å². The zero-order valence-electron chi connectivity index (χ0n) is 11.5. The molecule has 0 atom stereocenters. The number of anilines is 1. The average molecular weight is 312 g/mol. The fourth-order valence-electron chi connectivity index (χ4n) is 2.33. The summed E-state index contributed by atoms with van der Waals surface area (Å²) in [6.45, 7) is 1.87. The second kappa shape index (κ2) is 6.73. The van der Waals surface area contributed by atoms with Crippen LogP contribution in [0.3, 0.4) is 0 Å². The second-order valence-corrected chi connectivity index (χ2v) is 5.49. The fraction of sp³-hybridized carbons (Fsp3) is 0.462. The van der Waals surface area contributed by atoms with Crippen molar-refractivity contribution < 1.29 is 9.59 Å². The standard InChI is InChI=1S/C13H18ClN5O2/c14-10-5-8(12(16)21)6-17-13(10)18-9-1-3-19(4-2-9)7-11(15)20/h5-6,9H,1-4,7H2,(H2,15,20)(H2,16,21)(H,17,18). The number of piperidine rings is 1. The molecule has 0 spiro atoms. The molecule has 0 aliphatic carbocycles. The SMILES string of the molecule is NC(=O)CN1CCC(Nc2ncc(C(N)=O)cc2Cl)CC1. The summed E-state index contributed by atoms with van der Waals surface area (Å²) in [5, 5.41) is 3.62. The lowest BCUT2D eigenvalue weighted by Gasteiger charge is -2.31. The highest BCUT2D eigenvalue weighted by Gasteiger charge is 2.21. The van der Waals surface area contributed by atoms with Crippen molar-refractivity contribution in [3.05, 3.63) is 22.8 Å². The number of halogens is 1. The molecule has 21 heavy (non-hydrogen) atoms. The minimum Gasteiger partial charge on any atom is -0.369 e. The van der Waals surface area contributed by atoms with Crippen molar-refractivity contribution in [1.82, 2.24) is 9.88 Å². The Morgan fingerprint density at radius 1 is 1.38 bits per heavy atom. The third-order valence-corrected chi connectivity index (χ3v) is 3.72. The van der Waals surface area contributed by atoms with Gasteiger partial charge in [-0.25, -0.2) is 4.98 Å². The highest BCUT2D eigenvalue weighted by molar-refractivity contribution is 6.33. The molecule has 8 heteroatoms. The van der Waals surface area contributed by atoms with Crippen LogP contribution in [0, 0.1) is 0 Å². The first kappa shape index (κ1) is 15.5. The summed E-state index contributed by atoms with van der Waals surface area (Å²) in [4.78, 5) is 28.1. The van der Waals surface area contributed by atoms with Crippen molar-refractivity contribution >= 4 is 29.2 Å². The van der Waals surface area contributed by atoms with Gasteiger partial charge in [0.15, 0.2) is 0 Å². The topological polar surface area (TPSA) is 114 Å². The molecule has 0 unspecified atom stereocenters. The minimum absolute atomic E-state index is 0.221. The molecule has 2 heterocycles. The van der Waals surface area contributed by atoms with Crippen LogP contribution in [0.25, 0.3) is 0 Å². The maximum absolute atomic E-state index is 11.0. The molecule has 2 amide bonds. The van der Waals surface area contributed by atoms with Crippen LogP contribution in [0.2, 0.25) is 5.02 Å². The number of hydrogen-bond donors (Lipinski definition) is 3. The number of aromatic nitrogens is 1. The molecule has 0 aromatic carbocycles. The van der Waals surface area contributed by atoms with E-state index in [9.17, 15) is 9.59 Å². The number of hydrogen-bond acceptors (Lipinski definition) is 5. The van der Waals surface area contributed by atoms with Gasteiger partial charge in [0.1, 0.15) is 5.82 Å². The number of pyridine rings is 1. The first-order valence-electron chi connectivity index (χ1n) is 6.68. The molecule has 5 N–H and O–H groups in total. The molecule has 0 bridgehead atoms. The van der Waals surface area contributed by atoms with Crippen LogP contribution in [0.1, 0.15) is 23.2 Å². The lowest BCUT2D eigenvalue weighted by molar-refractivity contribution is -0.119. The quantitative estimate of drug-likeness (QED) is 0.718. The van der Waals surface area contributed by atoms with Gasteiger partial charge in [0.25, 0.3) is 0 Å². The molecule has 1 aromatic rings. The number of rotatable bonds is 5.